The van der Waals surface area contributed by atoms with E-state index in [-0.39, 0.29) is 74.0 Å². The van der Waals surface area contributed by atoms with Crippen LogP contribution in [0.25, 0.3) is 61.8 Å². The zero-order valence-corrected chi connectivity index (χ0v) is 85.2. The van der Waals surface area contributed by atoms with Crippen LogP contribution in [0, 0.1) is 49.4 Å². The molecule has 0 atom stereocenters. The van der Waals surface area contributed by atoms with Crippen LogP contribution < -0.4 is 33.7 Å². The lowest BCUT2D eigenvalue weighted by Crippen LogP contribution is -2.24. The van der Waals surface area contributed by atoms with Crippen molar-refractivity contribution in [3.05, 3.63) is 270 Å². The zero-order valence-electron chi connectivity index (χ0n) is 81.2. The molecule has 133 heavy (non-hydrogen) atoms. The number of anilines is 2. The van der Waals surface area contributed by atoms with Crippen LogP contribution in [0.2, 0.25) is 103 Å². The van der Waals surface area contributed by atoms with E-state index in [4.69, 9.17) is 40.6 Å². The first kappa shape index (κ1) is 110. The Bertz CT molecular complexity index is 6290. The molecule has 12 aromatic heterocycles. The zero-order chi connectivity index (χ0) is 99.3. The highest BCUT2D eigenvalue weighted by molar-refractivity contribution is 6.77. The van der Waals surface area contributed by atoms with Gasteiger partial charge in [0.05, 0.1) is 110 Å². The molecule has 0 amide bonds. The molecule has 12 rings (SSSR count). The van der Waals surface area contributed by atoms with E-state index in [9.17, 15) is 57.0 Å². The van der Waals surface area contributed by atoms with Crippen LogP contribution in [-0.4, -0.2) is 150 Å². The van der Waals surface area contributed by atoms with Gasteiger partial charge in [-0.15, -0.1) is 0 Å². The van der Waals surface area contributed by atoms with Gasteiger partial charge in [-0.3, -0.25) is 59.3 Å². The van der Waals surface area contributed by atoms with E-state index < -0.39 is 76.3 Å². The van der Waals surface area contributed by atoms with Crippen molar-refractivity contribution < 1.29 is 56.6 Å². The first-order chi connectivity index (χ1) is 62.5. The Hall–Kier alpha value is -11.5. The van der Waals surface area contributed by atoms with Crippen LogP contribution in [0.3, 0.4) is 0 Å². The molecule has 38 heteroatoms. The number of hydrogen-bond donors (Lipinski definition) is 5. The molecule has 7 N–H and O–H groups in total. The quantitative estimate of drug-likeness (QED) is 0.00822. The van der Waals surface area contributed by atoms with Crippen LogP contribution in [-0.2, 0) is 78.3 Å². The highest BCUT2D eigenvalue weighted by Crippen LogP contribution is 2.33. The number of allylic oxidation sites excluding steroid dienone is 3. The largest absolute Gasteiger partial charge is 0.400 e. The number of aliphatic hydroxyl groups excluding tert-OH is 2. The summed E-state index contributed by atoms with van der Waals surface area (Å²) < 4.78 is 94.4. The number of aliphatic hydroxyl groups is 2. The van der Waals surface area contributed by atoms with E-state index in [1.54, 1.807) is 59.4 Å². The minimum atomic E-state index is -1.30. The van der Waals surface area contributed by atoms with Crippen LogP contribution >= 0.6 is 0 Å². The maximum atomic E-state index is 14.7. The van der Waals surface area contributed by atoms with Crippen LogP contribution in [0.4, 0.5) is 40.3 Å². The van der Waals surface area contributed by atoms with Crippen molar-refractivity contribution in [2.75, 3.05) is 52.1 Å². The third-order valence-electron chi connectivity index (χ3n) is 20.4. The number of pyridine rings is 8. The summed E-state index contributed by atoms with van der Waals surface area (Å²) in [6.45, 7) is 50.1. The van der Waals surface area contributed by atoms with Crippen molar-refractivity contribution in [1.29, 1.82) is 0 Å². The SMILES string of the molecule is CC(C)=Cc1ncc(F)c2cc(Cn3cccc(N)c3=O)n(COCC[Si](C)(C)C)c12.CC(C)=Cc1ncc(F)c2cc(Cn3cccc([N+](=O)[O-])c3=O)n(COCC[Si](C)(C)C)c12.CC(C)Cc1ncc(F)c2cc(Cn3cccc(N)c3=O)n(COCC[Si](C)(C)C)c12.CCc1cc2c(F)cnc(C=C(C)C)c2n1COCC[Si](C)(C)C.CO.CO.O=c1[nH]cccc1[N+](=O)[O-]. The summed E-state index contributed by atoms with van der Waals surface area (Å²) in [6, 6.07) is 23.1. The number of aromatic amines is 1. The van der Waals surface area contributed by atoms with Gasteiger partial charge in [0, 0.05) is 154 Å². The summed E-state index contributed by atoms with van der Waals surface area (Å²) in [4.78, 5) is 87.3. The minimum Gasteiger partial charge on any atom is -0.400 e. The topological polar surface area (TPSA) is 386 Å². The second-order valence-corrected chi connectivity index (χ2v) is 60.3. The second-order valence-electron chi connectivity index (χ2n) is 37.9. The molecular formula is C95H134F4N16O14Si4. The molecule has 0 fully saturated rings. The number of aromatic nitrogens is 12. The van der Waals surface area contributed by atoms with Gasteiger partial charge in [0.2, 0.25) is 0 Å². The third kappa shape index (κ3) is 32.7. The smallest absolute Gasteiger partial charge is 0.334 e. The number of halogens is 4. The van der Waals surface area contributed by atoms with Crippen molar-refractivity contribution in [2.45, 2.75) is 224 Å². The van der Waals surface area contributed by atoms with Gasteiger partial charge in [-0.1, -0.05) is 116 Å². The van der Waals surface area contributed by atoms with Gasteiger partial charge < -0.3 is 77.6 Å². The van der Waals surface area contributed by atoms with Crippen LogP contribution in [0.5, 0.6) is 0 Å². The first-order valence-electron chi connectivity index (χ1n) is 43.9. The van der Waals surface area contributed by atoms with Gasteiger partial charge in [0.15, 0.2) is 23.3 Å². The highest BCUT2D eigenvalue weighted by atomic mass is 28.3. The summed E-state index contributed by atoms with van der Waals surface area (Å²) in [5.41, 5.74) is 21.2. The summed E-state index contributed by atoms with van der Waals surface area (Å²) >= 11 is 0. The number of nitrogens with two attached hydrogens (primary N) is 2. The molecular weight excluding hydrogens is 1780 g/mol. The number of nitro groups is 2. The summed E-state index contributed by atoms with van der Waals surface area (Å²) in [7, 11) is -2.88. The summed E-state index contributed by atoms with van der Waals surface area (Å²) in [5, 5.41) is 37.2. The molecule has 0 unspecified atom stereocenters. The van der Waals surface area contributed by atoms with Crippen molar-refractivity contribution >= 4 is 117 Å². The van der Waals surface area contributed by atoms with E-state index in [1.165, 1.54) is 69.1 Å². The van der Waals surface area contributed by atoms with E-state index in [2.05, 4.69) is 129 Å². The van der Waals surface area contributed by atoms with E-state index >= 15 is 0 Å². The van der Waals surface area contributed by atoms with Gasteiger partial charge in [0.25, 0.3) is 11.1 Å². The van der Waals surface area contributed by atoms with Gasteiger partial charge in [-0.2, -0.15) is 0 Å². The van der Waals surface area contributed by atoms with Gasteiger partial charge >= 0.3 is 22.5 Å². The van der Waals surface area contributed by atoms with Crippen molar-refractivity contribution in [3.63, 3.8) is 0 Å². The molecule has 0 aliphatic rings. The molecule has 0 spiro atoms. The van der Waals surface area contributed by atoms with Gasteiger partial charge in [0.1, 0.15) is 26.9 Å². The number of nitrogen functional groups attached to an aromatic ring is 2. The molecule has 0 saturated heterocycles. The predicted octanol–water partition coefficient (Wildman–Crippen LogP) is 19.2. The lowest BCUT2D eigenvalue weighted by atomic mass is 10.1. The minimum absolute atomic E-state index is 0.0281. The Balaban J connectivity index is 0.000000261. The Morgan fingerprint density at radius 1 is 0.451 bits per heavy atom. The number of hydrogen-bond acceptors (Lipinski definition) is 20. The maximum absolute atomic E-state index is 14.7. The van der Waals surface area contributed by atoms with Crippen molar-refractivity contribution in [3.8, 4) is 0 Å². The first-order valence-corrected chi connectivity index (χ1v) is 58.7. The van der Waals surface area contributed by atoms with Gasteiger partial charge in [-0.25, -0.2) is 17.6 Å². The maximum Gasteiger partial charge on any atom is 0.334 e. The number of fused-ring (bicyclic) bond motifs is 4. The molecule has 0 saturated carbocycles. The highest BCUT2D eigenvalue weighted by Gasteiger charge is 2.26. The molecule has 12 heterocycles. The Morgan fingerprint density at radius 2 is 0.744 bits per heavy atom. The van der Waals surface area contributed by atoms with Crippen molar-refractivity contribution in [1.82, 2.24) is 56.9 Å². The normalized spacial score (nSPS) is 11.4. The number of nitrogens with zero attached hydrogens (tertiary/aromatic N) is 13. The third-order valence-corrected chi connectivity index (χ3v) is 27.3. The Kier molecular flexibility index (Phi) is 41.9. The predicted molar refractivity (Wildman–Crippen MR) is 536 cm³/mol. The number of rotatable bonds is 34. The fourth-order valence-corrected chi connectivity index (χ4v) is 16.7. The monoisotopic (exact) mass is 1910 g/mol. The standard InChI is InChI=1S/C23H29FN4O4Si.C23H33FN4O2Si.C23H31FN4O2Si.C19H29FN2OSi.C5H4N2O3.2CH4O/c1-16(2)11-20-22-18(19(24)13-25-20)12-17(27(22)15-32-9-10-33(3,4)5)14-26-8-6-7-21(23(26)29)28(30)31;2*1-16(2)11-21-22-18(19(24)13-26-21)12-17(14-27-8-6-7-20(25)23(27)29)28(22)15-30-9-10-31(3,4)5;1-7-15-11-16-17(20)12-21-18(10-14(2)3)19(16)22(15)13-23-8-9-24(4,5)6;8-5-4(7(9)10)2-1-3-6-5;2*1-2/h6-8,11-13H,9-10,14-15H2,1-5H3;6-8,12-13,16H,9-11,14-15,25H2,1-5H3;6-8,11-13H,9-10,14-15,25H2,1-5H3;10-12H,7-9,13H2,1-6H3;1-3H,(H,6,8);2*2H,1H3. The lowest BCUT2D eigenvalue weighted by molar-refractivity contribution is -0.386. The van der Waals surface area contributed by atoms with E-state index in [0.29, 0.717) is 82.1 Å². The molecule has 0 aliphatic heterocycles. The molecule has 30 nitrogen and oxygen atoms in total. The molecule has 0 radical (unpaired) electrons. The summed E-state index contributed by atoms with van der Waals surface area (Å²) in [6.07, 6.45) is 18.6. The fraction of sp³-hybridized carbons (Fsp3) is 0.432. The lowest BCUT2D eigenvalue weighted by Gasteiger charge is -2.18. The summed E-state index contributed by atoms with van der Waals surface area (Å²) in [5.74, 6) is -1.15. The number of aryl methyl sites for hydroxylation is 1. The molecule has 0 aromatic carbocycles. The van der Waals surface area contributed by atoms with Crippen LogP contribution in [0.1, 0.15) is 108 Å². The second kappa shape index (κ2) is 50.6. The van der Waals surface area contributed by atoms with E-state index in [1.807, 2.05) is 75.0 Å². The fourth-order valence-electron chi connectivity index (χ4n) is 13.6. The average molecular weight is 1910 g/mol. The molecule has 0 bridgehead atoms. The Morgan fingerprint density at radius 3 is 1.05 bits per heavy atom. The number of nitrogens with one attached hydrogen (secondary N) is 1. The van der Waals surface area contributed by atoms with Crippen LogP contribution in [0.15, 0.2) is 158 Å². The molecule has 722 valence electrons. The van der Waals surface area contributed by atoms with Gasteiger partial charge in [-0.05, 0) is 163 Å². The van der Waals surface area contributed by atoms with Crippen molar-refractivity contribution in [2.24, 2.45) is 5.92 Å². The molecule has 12 aromatic rings. The Labute approximate surface area is 778 Å². The number of H-pyrrole nitrogens is 1. The number of ether oxygens (including phenoxy) is 4. The molecule has 0 aliphatic carbocycles. The van der Waals surface area contributed by atoms with E-state index in [0.717, 1.165) is 120 Å². The average Bonchev–Trinajstić information content (AvgIpc) is 1.65.